The van der Waals surface area contributed by atoms with Gasteiger partial charge in [-0.2, -0.15) is 0 Å². The number of benzene rings is 2. The summed E-state index contributed by atoms with van der Waals surface area (Å²) < 4.78 is 26.0. The molecule has 4 rings (SSSR count). The molecule has 0 bridgehead atoms. The van der Waals surface area contributed by atoms with Crippen LogP contribution in [0.1, 0.15) is 68.1 Å². The molecular formula is C34H47FN6O6. The molecule has 2 aromatic carbocycles. The van der Waals surface area contributed by atoms with Gasteiger partial charge in [-0.15, -0.1) is 0 Å². The number of hydrogen-bond acceptors (Lipinski definition) is 8. The van der Waals surface area contributed by atoms with Crippen molar-refractivity contribution in [1.82, 2.24) is 20.4 Å². The van der Waals surface area contributed by atoms with Crippen molar-refractivity contribution in [1.29, 1.82) is 0 Å². The van der Waals surface area contributed by atoms with Gasteiger partial charge in [-0.25, -0.2) is 9.18 Å². The summed E-state index contributed by atoms with van der Waals surface area (Å²) in [4.78, 5) is 56.0. The lowest BCUT2D eigenvalue weighted by Crippen LogP contribution is -2.55. The highest BCUT2D eigenvalue weighted by Gasteiger charge is 2.39. The summed E-state index contributed by atoms with van der Waals surface area (Å²) in [5, 5.41) is 8.51. The van der Waals surface area contributed by atoms with Crippen LogP contribution in [0.2, 0.25) is 0 Å². The van der Waals surface area contributed by atoms with E-state index < -0.39 is 41.4 Å². The van der Waals surface area contributed by atoms with Gasteiger partial charge in [0, 0.05) is 58.0 Å². The first-order valence-electron chi connectivity index (χ1n) is 16.0. The number of carbonyl (C=O) groups excluding carboxylic acids is 4. The minimum Gasteiger partial charge on any atom is -0.444 e. The normalized spacial score (nSPS) is 18.1. The maximum Gasteiger partial charge on any atom is 0.410 e. The third-order valence-electron chi connectivity index (χ3n) is 8.49. The van der Waals surface area contributed by atoms with Gasteiger partial charge in [-0.3, -0.25) is 24.2 Å². The molecule has 2 aromatic rings. The molecule has 1 fully saturated rings. The summed E-state index contributed by atoms with van der Waals surface area (Å²) in [5.74, 6) is -1.87. The third kappa shape index (κ3) is 9.27. The van der Waals surface area contributed by atoms with Crippen molar-refractivity contribution in [3.05, 3.63) is 65.0 Å². The third-order valence-corrected chi connectivity index (χ3v) is 8.49. The Hall–Kier alpha value is -4.07. The van der Waals surface area contributed by atoms with Crippen LogP contribution < -0.4 is 21.7 Å². The number of likely N-dealkylation sites (N-methyl/N-ethyl adjacent to an activating group) is 1. The van der Waals surface area contributed by atoms with Crippen LogP contribution in [0.5, 0.6) is 0 Å². The van der Waals surface area contributed by atoms with Crippen LogP contribution in [0.25, 0.3) is 0 Å². The molecule has 0 aliphatic carbocycles. The Labute approximate surface area is 275 Å². The van der Waals surface area contributed by atoms with E-state index in [-0.39, 0.29) is 42.2 Å². The molecule has 0 radical (unpaired) electrons. The molecule has 4 amide bonds. The van der Waals surface area contributed by atoms with Crippen molar-refractivity contribution in [2.45, 2.75) is 70.8 Å². The largest absolute Gasteiger partial charge is 0.444 e. The molecule has 12 nitrogen and oxygen atoms in total. The molecule has 0 saturated carbocycles. The fourth-order valence-electron chi connectivity index (χ4n) is 5.83. The van der Waals surface area contributed by atoms with E-state index in [1.165, 1.54) is 24.1 Å². The zero-order valence-electron chi connectivity index (χ0n) is 27.8. The monoisotopic (exact) mass is 654 g/mol. The number of ether oxygens (including phenoxy) is 2. The van der Waals surface area contributed by atoms with E-state index in [0.717, 1.165) is 17.2 Å². The Morgan fingerprint density at radius 3 is 2.51 bits per heavy atom. The number of nitrogens with zero attached hydrogens (tertiary/aromatic N) is 2. The summed E-state index contributed by atoms with van der Waals surface area (Å²) >= 11 is 0. The van der Waals surface area contributed by atoms with E-state index in [0.29, 0.717) is 39.1 Å². The standard InChI is InChI=1S/C34H47FN6O6/c1-21(40(5)33(45)47-34(2,3)4)30(42)39-28(22-12-16-46-17-13-22)20-41-19-24-8-6-7-9-25(24)29(41)32(44)38-27-18-23(10-11-26(27)35)31(43)37-15-14-36/h6-11,18,21-22,28-29H,12-17,19-20,36H2,1-5H3,(H,37,43)(H,38,44)(H,39,42)/t21-,28+,29-/m0/s1. The maximum absolute atomic E-state index is 14.9. The van der Waals surface area contributed by atoms with Crippen LogP contribution >= 0.6 is 0 Å². The van der Waals surface area contributed by atoms with Crippen LogP contribution in [0.3, 0.4) is 0 Å². The molecule has 256 valence electrons. The predicted molar refractivity (Wildman–Crippen MR) is 175 cm³/mol. The first kappa shape index (κ1) is 35.8. The van der Waals surface area contributed by atoms with E-state index in [1.54, 1.807) is 27.7 Å². The lowest BCUT2D eigenvalue weighted by atomic mass is 9.90. The molecule has 0 spiro atoms. The van der Waals surface area contributed by atoms with Crippen LogP contribution in [-0.4, -0.2) is 91.2 Å². The molecule has 47 heavy (non-hydrogen) atoms. The number of nitrogens with two attached hydrogens (primary N) is 1. The molecule has 13 heteroatoms. The zero-order chi connectivity index (χ0) is 34.3. The number of anilines is 1. The Morgan fingerprint density at radius 2 is 1.83 bits per heavy atom. The summed E-state index contributed by atoms with van der Waals surface area (Å²) in [7, 11) is 1.52. The topological polar surface area (TPSA) is 155 Å². The molecule has 0 aromatic heterocycles. The first-order chi connectivity index (χ1) is 22.3. The number of carbonyl (C=O) groups is 4. The second kappa shape index (κ2) is 15.7. The van der Waals surface area contributed by atoms with E-state index in [4.69, 9.17) is 15.2 Å². The average molecular weight is 655 g/mol. The van der Waals surface area contributed by atoms with Gasteiger partial charge in [0.25, 0.3) is 5.91 Å². The average Bonchev–Trinajstić information content (AvgIpc) is 3.41. The fourth-order valence-corrected chi connectivity index (χ4v) is 5.83. The zero-order valence-corrected chi connectivity index (χ0v) is 27.8. The second-order valence-corrected chi connectivity index (χ2v) is 13.1. The van der Waals surface area contributed by atoms with Crippen molar-refractivity contribution < 1.29 is 33.0 Å². The predicted octanol–water partition coefficient (Wildman–Crippen LogP) is 3.18. The van der Waals surface area contributed by atoms with E-state index in [9.17, 15) is 23.6 Å². The maximum atomic E-state index is 14.9. The molecule has 2 aliphatic rings. The van der Waals surface area contributed by atoms with Gasteiger partial charge in [0.05, 0.1) is 5.69 Å². The van der Waals surface area contributed by atoms with Gasteiger partial charge < -0.3 is 31.2 Å². The number of fused-ring (bicyclic) bond motifs is 1. The van der Waals surface area contributed by atoms with E-state index in [1.807, 2.05) is 29.2 Å². The van der Waals surface area contributed by atoms with E-state index >= 15 is 0 Å². The van der Waals surface area contributed by atoms with Gasteiger partial charge in [-0.05, 0) is 75.8 Å². The molecule has 2 aliphatic heterocycles. The minimum absolute atomic E-state index is 0.0558. The van der Waals surface area contributed by atoms with Gasteiger partial charge >= 0.3 is 6.09 Å². The number of rotatable bonds is 11. The van der Waals surface area contributed by atoms with Crippen LogP contribution in [0.15, 0.2) is 42.5 Å². The number of amides is 4. The highest BCUT2D eigenvalue weighted by atomic mass is 19.1. The Kier molecular flexibility index (Phi) is 11.9. The van der Waals surface area contributed by atoms with Crippen molar-refractivity contribution in [3.63, 3.8) is 0 Å². The first-order valence-corrected chi connectivity index (χ1v) is 16.0. The summed E-state index contributed by atoms with van der Waals surface area (Å²) in [6, 6.07) is 9.35. The number of halogens is 1. The van der Waals surface area contributed by atoms with E-state index in [2.05, 4.69) is 16.0 Å². The quantitative estimate of drug-likeness (QED) is 0.288. The van der Waals surface area contributed by atoms with Crippen LogP contribution in [0.4, 0.5) is 14.9 Å². The van der Waals surface area contributed by atoms with Crippen molar-refractivity contribution in [3.8, 4) is 0 Å². The van der Waals surface area contributed by atoms with Crippen molar-refractivity contribution in [2.24, 2.45) is 11.7 Å². The summed E-state index contributed by atoms with van der Waals surface area (Å²) in [6.07, 6.45) is 0.814. The highest BCUT2D eigenvalue weighted by molar-refractivity contribution is 5.99. The SMILES string of the molecule is C[C@@H](C(=O)N[C@H](CN1Cc2ccccc2[C@H]1C(=O)Nc1cc(C(=O)NCCN)ccc1F)C1CCOCC1)N(C)C(=O)OC(C)(C)C. The fraction of sp³-hybridized carbons (Fsp3) is 0.529. The van der Waals surface area contributed by atoms with Gasteiger partial charge in [-0.1, -0.05) is 24.3 Å². The lowest BCUT2D eigenvalue weighted by molar-refractivity contribution is -0.127. The lowest BCUT2D eigenvalue weighted by Gasteiger charge is -2.36. The van der Waals surface area contributed by atoms with Crippen molar-refractivity contribution in [2.75, 3.05) is 45.2 Å². The molecular weight excluding hydrogens is 607 g/mol. The van der Waals surface area contributed by atoms with Crippen molar-refractivity contribution >= 4 is 29.5 Å². The second-order valence-electron chi connectivity index (χ2n) is 13.1. The number of nitrogens with one attached hydrogen (secondary N) is 3. The molecule has 1 saturated heterocycles. The minimum atomic E-state index is -0.820. The smallest absolute Gasteiger partial charge is 0.410 e. The summed E-state index contributed by atoms with van der Waals surface area (Å²) in [6.45, 7) is 9.27. The molecule has 2 heterocycles. The van der Waals surface area contributed by atoms with Crippen LogP contribution in [0, 0.1) is 11.7 Å². The van der Waals surface area contributed by atoms with Crippen LogP contribution in [-0.2, 0) is 25.6 Å². The molecule has 5 N–H and O–H groups in total. The van der Waals surface area contributed by atoms with Gasteiger partial charge in [0.15, 0.2) is 0 Å². The highest BCUT2D eigenvalue weighted by Crippen LogP contribution is 2.36. The molecule has 0 unspecified atom stereocenters. The van der Waals surface area contributed by atoms with Gasteiger partial charge in [0.1, 0.15) is 23.5 Å². The summed E-state index contributed by atoms with van der Waals surface area (Å²) in [5.41, 5.74) is 6.55. The number of hydrogen-bond donors (Lipinski definition) is 4. The Morgan fingerprint density at radius 1 is 1.13 bits per heavy atom. The Balaban J connectivity index is 1.56. The van der Waals surface area contributed by atoms with Gasteiger partial charge in [0.2, 0.25) is 11.8 Å². The molecule has 3 atom stereocenters. The Bertz CT molecular complexity index is 1440.